The lowest BCUT2D eigenvalue weighted by atomic mass is 10.2. The second-order valence-corrected chi connectivity index (χ2v) is 6.67. The highest BCUT2D eigenvalue weighted by Crippen LogP contribution is 2.21. The molecule has 27 heavy (non-hydrogen) atoms. The van der Waals surface area contributed by atoms with Crippen LogP contribution in [0.15, 0.2) is 12.5 Å². The van der Waals surface area contributed by atoms with Crippen molar-refractivity contribution in [2.24, 2.45) is 5.73 Å². The summed E-state index contributed by atoms with van der Waals surface area (Å²) in [6, 6.07) is -0.623. The Morgan fingerprint density at radius 2 is 1.74 bits per heavy atom. The number of hydrogen-bond acceptors (Lipinski definition) is 8. The molecule has 0 aliphatic carbocycles. The average Bonchev–Trinajstić information content (AvgIpc) is 3.12. The fourth-order valence-corrected chi connectivity index (χ4v) is 3.26. The minimum absolute atomic E-state index is 0.420. The Balaban J connectivity index is 1.73. The third kappa shape index (κ3) is 5.67. The van der Waals surface area contributed by atoms with E-state index in [2.05, 4.69) is 40.8 Å². The van der Waals surface area contributed by atoms with E-state index in [9.17, 15) is 4.79 Å². The number of nitrogens with one attached hydrogen (secondary N) is 4. The fraction of sp³-hybridized carbons (Fsp3) is 0.647. The normalized spacial score (nSPS) is 20.1. The van der Waals surface area contributed by atoms with Gasteiger partial charge in [0.1, 0.15) is 23.9 Å². The Labute approximate surface area is 159 Å². The minimum atomic E-state index is -0.623. The number of rotatable bonds is 3. The molecule has 1 unspecified atom stereocenters. The molecule has 1 atom stereocenters. The molecule has 0 spiro atoms. The number of aromatic amines is 1. The molecule has 0 aromatic carbocycles. The maximum absolute atomic E-state index is 12.3. The zero-order valence-electron chi connectivity index (χ0n) is 15.6. The number of primary amides is 1. The lowest BCUT2D eigenvalue weighted by Crippen LogP contribution is -2.43. The van der Waals surface area contributed by atoms with Gasteiger partial charge < -0.3 is 26.7 Å². The molecule has 0 radical (unpaired) electrons. The third-order valence-corrected chi connectivity index (χ3v) is 4.64. The van der Waals surface area contributed by atoms with Gasteiger partial charge in [-0.15, -0.1) is 0 Å². The van der Waals surface area contributed by atoms with Gasteiger partial charge in [-0.3, -0.25) is 9.69 Å². The summed E-state index contributed by atoms with van der Waals surface area (Å²) in [6.07, 6.45) is 5.17. The number of carbonyl (C=O) groups excluding carboxylic acids is 1. The third-order valence-electron chi connectivity index (χ3n) is 4.64. The van der Waals surface area contributed by atoms with Crippen molar-refractivity contribution in [1.29, 1.82) is 0 Å². The molecule has 10 nitrogen and oxygen atoms in total. The molecule has 1 fully saturated rings. The molecule has 0 aromatic heterocycles. The van der Waals surface area contributed by atoms with Crippen molar-refractivity contribution < 1.29 is 4.79 Å². The molecular weight excluding hydrogens is 346 g/mol. The van der Waals surface area contributed by atoms with Crippen molar-refractivity contribution in [3.8, 4) is 11.5 Å². The lowest BCUT2D eigenvalue weighted by Gasteiger charge is -2.29. The summed E-state index contributed by atoms with van der Waals surface area (Å²) in [7, 11) is 0. The number of fused-ring (bicyclic) bond motifs is 1. The molecular formula is C17H29N9O. The van der Waals surface area contributed by atoms with Gasteiger partial charge in [0.15, 0.2) is 5.82 Å². The Morgan fingerprint density at radius 1 is 1.00 bits per heavy atom. The molecule has 0 bridgehead atoms. The quantitative estimate of drug-likeness (QED) is 0.446. The predicted molar refractivity (Wildman–Crippen MR) is 102 cm³/mol. The van der Waals surface area contributed by atoms with Gasteiger partial charge in [0, 0.05) is 38.9 Å². The molecule has 3 heterocycles. The van der Waals surface area contributed by atoms with Gasteiger partial charge in [-0.1, -0.05) is 0 Å². The number of H-pyrrole nitrogens is 1. The smallest absolute Gasteiger partial charge is 0.242 e. The van der Waals surface area contributed by atoms with Gasteiger partial charge in [0.05, 0.1) is 0 Å². The second kappa shape index (κ2) is 10.3. The number of amides is 1. The van der Waals surface area contributed by atoms with Crippen LogP contribution in [0.25, 0.3) is 11.5 Å². The van der Waals surface area contributed by atoms with Crippen molar-refractivity contribution in [3.05, 3.63) is 18.3 Å². The largest absolute Gasteiger partial charge is 0.368 e. The Morgan fingerprint density at radius 3 is 2.52 bits per heavy atom. The predicted octanol–water partition coefficient (Wildman–Crippen LogP) is -1.30. The van der Waals surface area contributed by atoms with Gasteiger partial charge in [-0.25, -0.2) is 15.0 Å². The first kappa shape index (κ1) is 19.6. The van der Waals surface area contributed by atoms with Crippen molar-refractivity contribution in [3.63, 3.8) is 0 Å². The van der Waals surface area contributed by atoms with Crippen LogP contribution in [0.1, 0.15) is 24.7 Å². The molecule has 1 saturated heterocycles. The van der Waals surface area contributed by atoms with Crippen molar-refractivity contribution in [1.82, 2.24) is 40.8 Å². The zero-order chi connectivity index (χ0) is 18.9. The summed E-state index contributed by atoms with van der Waals surface area (Å²) in [5, 5.41) is 10.3. The molecule has 10 heteroatoms. The number of aromatic nitrogens is 4. The van der Waals surface area contributed by atoms with E-state index in [1.165, 1.54) is 6.33 Å². The van der Waals surface area contributed by atoms with Crippen molar-refractivity contribution in [2.75, 3.05) is 52.4 Å². The van der Waals surface area contributed by atoms with E-state index in [1.54, 1.807) is 6.20 Å². The molecule has 148 valence electrons. The Bertz CT molecular complexity index is 662. The second-order valence-electron chi connectivity index (χ2n) is 6.67. The molecule has 3 aliphatic heterocycles. The van der Waals surface area contributed by atoms with Gasteiger partial charge in [-0.2, -0.15) is 0 Å². The van der Waals surface area contributed by atoms with Crippen LogP contribution in [0.3, 0.4) is 0 Å². The van der Waals surface area contributed by atoms with E-state index in [0.717, 1.165) is 58.7 Å². The van der Waals surface area contributed by atoms with Gasteiger partial charge in [0.25, 0.3) is 0 Å². The number of hydrogen-bond donors (Lipinski definition) is 5. The van der Waals surface area contributed by atoms with Crippen LogP contribution in [0.5, 0.6) is 0 Å². The van der Waals surface area contributed by atoms with Crippen LogP contribution in [0, 0.1) is 0 Å². The molecule has 3 aliphatic rings. The van der Waals surface area contributed by atoms with E-state index in [-0.39, 0.29) is 0 Å². The maximum Gasteiger partial charge on any atom is 0.242 e. The van der Waals surface area contributed by atoms with E-state index in [4.69, 9.17) is 5.73 Å². The topological polar surface area (TPSA) is 137 Å². The highest BCUT2D eigenvalue weighted by molar-refractivity contribution is 5.80. The first-order valence-electron chi connectivity index (χ1n) is 9.57. The molecule has 6 N–H and O–H groups in total. The zero-order valence-corrected chi connectivity index (χ0v) is 15.6. The maximum atomic E-state index is 12.3. The van der Waals surface area contributed by atoms with Gasteiger partial charge in [0.2, 0.25) is 5.91 Å². The molecule has 0 aromatic rings. The summed E-state index contributed by atoms with van der Waals surface area (Å²) in [6.45, 7) is 6.98. The van der Waals surface area contributed by atoms with E-state index < -0.39 is 11.9 Å². The standard InChI is InChI=1S/C17H29N9O/c18-15(27)14(17-22-11-13-16(25-17)24-12-23-13)26-9-2-5-20-7-6-19-3-1-4-21-8-10-26/h11-12,14,19-21H,1-10H2,(H2,18,27)(H,22,23,24,25). The van der Waals surface area contributed by atoms with E-state index >= 15 is 0 Å². The Hall–Kier alpha value is -2.14. The summed E-state index contributed by atoms with van der Waals surface area (Å²) in [4.78, 5) is 30.2. The summed E-state index contributed by atoms with van der Waals surface area (Å²) >= 11 is 0. The van der Waals surface area contributed by atoms with Crippen molar-refractivity contribution in [2.45, 2.75) is 18.9 Å². The first-order valence-corrected chi connectivity index (χ1v) is 9.57. The number of imidazole rings is 1. The van der Waals surface area contributed by atoms with Crippen LogP contribution in [-0.4, -0.2) is 83.1 Å². The lowest BCUT2D eigenvalue weighted by molar-refractivity contribution is -0.123. The highest BCUT2D eigenvalue weighted by Gasteiger charge is 2.28. The van der Waals surface area contributed by atoms with Gasteiger partial charge in [-0.05, 0) is 32.5 Å². The SMILES string of the molecule is NC(=O)C(c1nc2ncnc-2c[nH]1)N1CCCNCCNCCCNCC1. The van der Waals surface area contributed by atoms with Crippen molar-refractivity contribution >= 4 is 5.91 Å². The van der Waals surface area contributed by atoms with Crippen LogP contribution < -0.4 is 21.7 Å². The van der Waals surface area contributed by atoms with Gasteiger partial charge >= 0.3 is 0 Å². The van der Waals surface area contributed by atoms with E-state index in [0.29, 0.717) is 23.9 Å². The fourth-order valence-electron chi connectivity index (χ4n) is 3.26. The number of nitrogens with zero attached hydrogens (tertiary/aromatic N) is 4. The molecule has 1 amide bonds. The van der Waals surface area contributed by atoms with Crippen LogP contribution in [-0.2, 0) is 4.79 Å². The van der Waals surface area contributed by atoms with Crippen LogP contribution in [0.4, 0.5) is 0 Å². The first-order chi connectivity index (χ1) is 13.3. The summed E-state index contributed by atoms with van der Waals surface area (Å²) in [5.41, 5.74) is 6.43. The molecule has 3 rings (SSSR count). The monoisotopic (exact) mass is 375 g/mol. The summed E-state index contributed by atoms with van der Waals surface area (Å²) in [5.74, 6) is 0.606. The highest BCUT2D eigenvalue weighted by atomic mass is 16.1. The summed E-state index contributed by atoms with van der Waals surface area (Å²) < 4.78 is 0. The van der Waals surface area contributed by atoms with E-state index in [1.807, 2.05) is 0 Å². The minimum Gasteiger partial charge on any atom is -0.368 e. The average molecular weight is 375 g/mol. The van der Waals surface area contributed by atoms with Crippen LogP contribution in [0.2, 0.25) is 0 Å². The molecule has 0 saturated carbocycles. The Kier molecular flexibility index (Phi) is 7.45. The number of carbonyl (C=O) groups is 1. The van der Waals surface area contributed by atoms with Crippen LogP contribution >= 0.6 is 0 Å². The number of nitrogens with two attached hydrogens (primary N) is 1.